The number of carbonyl (C=O) groups excluding carboxylic acids is 2. The number of pyridine rings is 2. The largest absolute Gasteiger partial charge is 0.505 e. The summed E-state index contributed by atoms with van der Waals surface area (Å²) in [6, 6.07) is 15.2. The van der Waals surface area contributed by atoms with Crippen LogP contribution in [0.4, 0.5) is 0 Å². The van der Waals surface area contributed by atoms with E-state index in [-0.39, 0.29) is 17.9 Å². The minimum atomic E-state index is -0.795. The summed E-state index contributed by atoms with van der Waals surface area (Å²) in [6.07, 6.45) is 5.04. The van der Waals surface area contributed by atoms with Crippen LogP contribution in [0.5, 0.6) is 0 Å². The molecule has 0 radical (unpaired) electrons. The van der Waals surface area contributed by atoms with Crippen LogP contribution in [0.25, 0.3) is 11.4 Å². The number of aryl methyl sites for hydroxylation is 1. The van der Waals surface area contributed by atoms with Gasteiger partial charge in [-0.1, -0.05) is 35.9 Å². The Labute approximate surface area is 194 Å². The van der Waals surface area contributed by atoms with Crippen molar-refractivity contribution >= 4 is 34.7 Å². The molecule has 1 aliphatic heterocycles. The van der Waals surface area contributed by atoms with Gasteiger partial charge in [0, 0.05) is 30.2 Å². The van der Waals surface area contributed by atoms with Gasteiger partial charge in [0.05, 0.1) is 17.3 Å². The van der Waals surface area contributed by atoms with Gasteiger partial charge in [-0.05, 0) is 48.4 Å². The fourth-order valence-corrected chi connectivity index (χ4v) is 4.38. The molecular weight excluding hydrogens is 440 g/mol. The van der Waals surface area contributed by atoms with Crippen LogP contribution >= 0.6 is 11.6 Å². The molecule has 1 aromatic carbocycles. The van der Waals surface area contributed by atoms with Crippen molar-refractivity contribution in [1.29, 1.82) is 0 Å². The molecule has 3 aromatic heterocycles. The number of aliphatic hydroxyl groups is 1. The van der Waals surface area contributed by atoms with Gasteiger partial charge in [-0.3, -0.25) is 19.0 Å². The monoisotopic (exact) mass is 458 g/mol. The number of carbonyl (C=O) groups is 2. The van der Waals surface area contributed by atoms with Crippen molar-refractivity contribution in [2.45, 2.75) is 19.5 Å². The number of likely N-dealkylation sites (tertiary alicyclic amines) is 1. The van der Waals surface area contributed by atoms with Crippen molar-refractivity contribution in [3.63, 3.8) is 0 Å². The number of nitrogens with zero attached hydrogens (tertiary/aromatic N) is 4. The summed E-state index contributed by atoms with van der Waals surface area (Å²) in [5.41, 5.74) is 3.00. The highest BCUT2D eigenvalue weighted by Gasteiger charge is 2.46. The van der Waals surface area contributed by atoms with Gasteiger partial charge in [-0.15, -0.1) is 0 Å². The average Bonchev–Trinajstić information content (AvgIpc) is 3.28. The standard InChI is InChI=1S/C25H19ClN4O3/c1-15-21(29-12-3-2-6-19(29)28-15)23(31)20-22(17-7-9-18(26)10-8-17)30(25(33)24(20)32)14-16-5-4-11-27-13-16/h2-13,22,31H,14H2,1H3. The smallest absolute Gasteiger partial charge is 0.295 e. The zero-order chi connectivity index (χ0) is 23.1. The summed E-state index contributed by atoms with van der Waals surface area (Å²) in [6.45, 7) is 1.92. The molecule has 33 heavy (non-hydrogen) atoms. The number of rotatable bonds is 4. The van der Waals surface area contributed by atoms with Gasteiger partial charge in [0.1, 0.15) is 11.3 Å². The molecule has 7 nitrogen and oxygen atoms in total. The Morgan fingerprint density at radius 3 is 2.61 bits per heavy atom. The number of benzene rings is 1. The molecule has 0 saturated carbocycles. The zero-order valence-corrected chi connectivity index (χ0v) is 18.4. The maximum Gasteiger partial charge on any atom is 0.295 e. The maximum absolute atomic E-state index is 13.3. The van der Waals surface area contributed by atoms with Crippen molar-refractivity contribution in [2.75, 3.05) is 0 Å². The van der Waals surface area contributed by atoms with E-state index in [9.17, 15) is 14.7 Å². The second-order valence-electron chi connectivity index (χ2n) is 7.81. The Kier molecular flexibility index (Phi) is 5.18. The highest BCUT2D eigenvalue weighted by atomic mass is 35.5. The van der Waals surface area contributed by atoms with Crippen molar-refractivity contribution in [3.8, 4) is 0 Å². The molecule has 1 atom stereocenters. The van der Waals surface area contributed by atoms with Crippen LogP contribution in [-0.4, -0.2) is 36.1 Å². The topological polar surface area (TPSA) is 87.8 Å². The van der Waals surface area contributed by atoms with Gasteiger partial charge in [0.2, 0.25) is 0 Å². The predicted octanol–water partition coefficient (Wildman–Crippen LogP) is 4.31. The SMILES string of the molecule is Cc1nc2ccccn2c1C(O)=C1C(=O)C(=O)N(Cc2cccnc2)C1c1ccc(Cl)cc1. The third kappa shape index (κ3) is 3.56. The Balaban J connectivity index is 1.72. The molecule has 1 fully saturated rings. The van der Waals surface area contributed by atoms with Crippen LogP contribution in [0, 0.1) is 6.92 Å². The van der Waals surface area contributed by atoms with E-state index in [4.69, 9.17) is 11.6 Å². The molecule has 1 amide bonds. The number of amides is 1. The van der Waals surface area contributed by atoms with Gasteiger partial charge in [-0.2, -0.15) is 0 Å². The molecule has 0 spiro atoms. The van der Waals surface area contributed by atoms with Gasteiger partial charge >= 0.3 is 0 Å². The summed E-state index contributed by atoms with van der Waals surface area (Å²) < 4.78 is 1.71. The fourth-order valence-electron chi connectivity index (χ4n) is 4.25. The average molecular weight is 459 g/mol. The van der Waals surface area contributed by atoms with Crippen molar-refractivity contribution in [2.24, 2.45) is 0 Å². The lowest BCUT2D eigenvalue weighted by atomic mass is 9.96. The van der Waals surface area contributed by atoms with Gasteiger partial charge in [-0.25, -0.2) is 4.98 Å². The number of imidazole rings is 1. The molecule has 5 rings (SSSR count). The molecule has 4 heterocycles. The van der Waals surface area contributed by atoms with E-state index in [1.165, 1.54) is 4.90 Å². The van der Waals surface area contributed by atoms with Crippen molar-refractivity contribution < 1.29 is 14.7 Å². The first-order chi connectivity index (χ1) is 16.0. The first kappa shape index (κ1) is 20.9. The number of ketones is 1. The van der Waals surface area contributed by atoms with Crippen LogP contribution in [0.15, 0.2) is 78.8 Å². The first-order valence-electron chi connectivity index (χ1n) is 10.3. The van der Waals surface area contributed by atoms with Gasteiger partial charge < -0.3 is 10.0 Å². The molecule has 1 saturated heterocycles. The van der Waals surface area contributed by atoms with Crippen LogP contribution in [-0.2, 0) is 16.1 Å². The van der Waals surface area contributed by atoms with Crippen LogP contribution < -0.4 is 0 Å². The molecule has 1 unspecified atom stereocenters. The minimum Gasteiger partial charge on any atom is -0.505 e. The summed E-state index contributed by atoms with van der Waals surface area (Å²) in [7, 11) is 0. The summed E-state index contributed by atoms with van der Waals surface area (Å²) in [5.74, 6) is -1.70. The van der Waals surface area contributed by atoms with E-state index in [0.29, 0.717) is 27.6 Å². The first-order valence-corrected chi connectivity index (χ1v) is 10.7. The molecular formula is C25H19ClN4O3. The third-order valence-electron chi connectivity index (χ3n) is 5.73. The molecule has 0 bridgehead atoms. The Morgan fingerprint density at radius 1 is 1.09 bits per heavy atom. The van der Waals surface area contributed by atoms with E-state index in [2.05, 4.69) is 9.97 Å². The van der Waals surface area contributed by atoms with E-state index < -0.39 is 17.7 Å². The number of hydrogen-bond acceptors (Lipinski definition) is 5. The highest BCUT2D eigenvalue weighted by molar-refractivity contribution is 6.46. The summed E-state index contributed by atoms with van der Waals surface area (Å²) >= 11 is 6.08. The van der Waals surface area contributed by atoms with E-state index in [1.807, 2.05) is 18.2 Å². The second-order valence-corrected chi connectivity index (χ2v) is 8.25. The minimum absolute atomic E-state index is 0.0139. The molecule has 1 N–H and O–H groups in total. The van der Waals surface area contributed by atoms with Crippen molar-refractivity contribution in [3.05, 3.63) is 106 Å². The number of Topliss-reactive ketones (excluding diaryl/α,β-unsaturated/α-hetero) is 1. The van der Waals surface area contributed by atoms with Gasteiger partial charge in [0.25, 0.3) is 11.7 Å². The number of fused-ring (bicyclic) bond motifs is 1. The van der Waals surface area contributed by atoms with E-state index in [0.717, 1.165) is 5.56 Å². The lowest BCUT2D eigenvalue weighted by Gasteiger charge is -2.25. The summed E-state index contributed by atoms with van der Waals surface area (Å²) in [5, 5.41) is 12.0. The number of aliphatic hydroxyl groups excluding tert-OH is 1. The Morgan fingerprint density at radius 2 is 1.88 bits per heavy atom. The normalized spacial score (nSPS) is 17.8. The molecule has 1 aliphatic rings. The van der Waals surface area contributed by atoms with E-state index >= 15 is 0 Å². The molecule has 8 heteroatoms. The predicted molar refractivity (Wildman–Crippen MR) is 123 cm³/mol. The number of hydrogen-bond donors (Lipinski definition) is 1. The van der Waals surface area contributed by atoms with Crippen LogP contribution in [0.2, 0.25) is 5.02 Å². The molecule has 164 valence electrons. The summed E-state index contributed by atoms with van der Waals surface area (Å²) in [4.78, 5) is 36.5. The van der Waals surface area contributed by atoms with Gasteiger partial charge in [0.15, 0.2) is 5.76 Å². The van der Waals surface area contributed by atoms with Crippen molar-refractivity contribution in [1.82, 2.24) is 19.3 Å². The maximum atomic E-state index is 13.3. The fraction of sp³-hybridized carbons (Fsp3) is 0.120. The lowest BCUT2D eigenvalue weighted by molar-refractivity contribution is -0.140. The number of aromatic nitrogens is 3. The second kappa shape index (κ2) is 8.18. The third-order valence-corrected chi connectivity index (χ3v) is 5.98. The van der Waals surface area contributed by atoms with E-state index in [1.54, 1.807) is 66.3 Å². The van der Waals surface area contributed by atoms with Crippen LogP contribution in [0.3, 0.4) is 0 Å². The molecule has 4 aromatic rings. The number of halogens is 1. The zero-order valence-electron chi connectivity index (χ0n) is 17.6. The molecule has 0 aliphatic carbocycles. The van der Waals surface area contributed by atoms with Crippen LogP contribution in [0.1, 0.15) is 28.6 Å². The Hall–Kier alpha value is -3.97. The lowest BCUT2D eigenvalue weighted by Crippen LogP contribution is -2.29. The quantitative estimate of drug-likeness (QED) is 0.279. The Bertz CT molecular complexity index is 1410. The highest BCUT2D eigenvalue weighted by Crippen LogP contribution is 2.41.